The molecule has 0 spiro atoms. The molecule has 0 aromatic heterocycles. The van der Waals surface area contributed by atoms with Gasteiger partial charge in [-0.1, -0.05) is 19.3 Å². The number of carbonyl (C=O) groups excluding carboxylic acids is 1. The second-order valence-electron chi connectivity index (χ2n) is 5.63. The Bertz CT molecular complexity index is 227. The number of carbonyl (C=O) groups is 1. The lowest BCUT2D eigenvalue weighted by atomic mass is 9.70. The van der Waals surface area contributed by atoms with Crippen LogP contribution < -0.4 is 5.73 Å². The third-order valence-corrected chi connectivity index (χ3v) is 4.13. The highest BCUT2D eigenvalue weighted by Crippen LogP contribution is 2.40. The third-order valence-electron chi connectivity index (χ3n) is 4.13. The molecule has 2 rings (SSSR count). The summed E-state index contributed by atoms with van der Waals surface area (Å²) in [6, 6.07) is 0. The van der Waals surface area contributed by atoms with Crippen molar-refractivity contribution in [2.45, 2.75) is 57.8 Å². The minimum absolute atomic E-state index is 0.185. The van der Waals surface area contributed by atoms with Crippen LogP contribution in [0.2, 0.25) is 0 Å². The van der Waals surface area contributed by atoms with E-state index in [-0.39, 0.29) is 5.41 Å². The minimum Gasteiger partial charge on any atom is -0.330 e. The van der Waals surface area contributed by atoms with Crippen molar-refractivity contribution in [3.05, 3.63) is 0 Å². The lowest BCUT2D eigenvalue weighted by Crippen LogP contribution is -2.35. The maximum Gasteiger partial charge on any atom is 0.133 e. The number of rotatable bonds is 5. The van der Waals surface area contributed by atoms with Gasteiger partial charge in [0.25, 0.3) is 0 Å². The average Bonchev–Trinajstić information content (AvgIpc) is 3.03. The molecule has 0 aromatic carbocycles. The Kier molecular flexibility index (Phi) is 3.45. The van der Waals surface area contributed by atoms with E-state index < -0.39 is 0 Å². The number of ketones is 1. The molecular formula is C13H23NO. The first-order valence-electron chi connectivity index (χ1n) is 6.46. The summed E-state index contributed by atoms with van der Waals surface area (Å²) >= 11 is 0. The van der Waals surface area contributed by atoms with E-state index >= 15 is 0 Å². The molecule has 2 fully saturated rings. The van der Waals surface area contributed by atoms with E-state index in [2.05, 4.69) is 0 Å². The van der Waals surface area contributed by atoms with Crippen LogP contribution >= 0.6 is 0 Å². The van der Waals surface area contributed by atoms with E-state index in [0.717, 1.165) is 18.8 Å². The summed E-state index contributed by atoms with van der Waals surface area (Å²) in [5.41, 5.74) is 6.07. The second-order valence-corrected chi connectivity index (χ2v) is 5.63. The van der Waals surface area contributed by atoms with Crippen molar-refractivity contribution in [2.75, 3.05) is 6.54 Å². The van der Waals surface area contributed by atoms with Gasteiger partial charge in [-0.15, -0.1) is 0 Å². The SMILES string of the molecule is NCC1(CC(=O)CC2CC2)CCCCC1. The molecule has 0 saturated heterocycles. The van der Waals surface area contributed by atoms with E-state index in [1.165, 1.54) is 44.9 Å². The summed E-state index contributed by atoms with van der Waals surface area (Å²) < 4.78 is 0. The normalized spacial score (nSPS) is 25.1. The molecule has 2 heteroatoms. The molecule has 2 saturated carbocycles. The van der Waals surface area contributed by atoms with E-state index in [1.807, 2.05) is 0 Å². The Balaban J connectivity index is 1.84. The minimum atomic E-state index is 0.185. The lowest BCUT2D eigenvalue weighted by Gasteiger charge is -2.35. The Morgan fingerprint density at radius 2 is 1.87 bits per heavy atom. The Labute approximate surface area is 92.6 Å². The zero-order chi connectivity index (χ0) is 10.7. The van der Waals surface area contributed by atoms with Gasteiger partial charge in [0.2, 0.25) is 0 Å². The Hall–Kier alpha value is -0.370. The number of Topliss-reactive ketones (excluding diaryl/α,β-unsaturated/α-hetero) is 1. The van der Waals surface area contributed by atoms with Gasteiger partial charge in [-0.2, -0.15) is 0 Å². The van der Waals surface area contributed by atoms with Gasteiger partial charge in [0.05, 0.1) is 0 Å². The maximum atomic E-state index is 11.9. The van der Waals surface area contributed by atoms with Gasteiger partial charge in [-0.3, -0.25) is 4.79 Å². The van der Waals surface area contributed by atoms with E-state index in [0.29, 0.717) is 12.3 Å². The monoisotopic (exact) mass is 209 g/mol. The summed E-state index contributed by atoms with van der Waals surface area (Å²) in [7, 11) is 0. The van der Waals surface area contributed by atoms with Crippen molar-refractivity contribution in [3.8, 4) is 0 Å². The average molecular weight is 209 g/mol. The lowest BCUT2D eigenvalue weighted by molar-refractivity contribution is -0.122. The first-order valence-corrected chi connectivity index (χ1v) is 6.46. The zero-order valence-electron chi connectivity index (χ0n) is 9.63. The van der Waals surface area contributed by atoms with Crippen molar-refractivity contribution in [1.82, 2.24) is 0 Å². The zero-order valence-corrected chi connectivity index (χ0v) is 9.63. The molecule has 0 unspecified atom stereocenters. The highest BCUT2D eigenvalue weighted by molar-refractivity contribution is 5.79. The van der Waals surface area contributed by atoms with Crippen molar-refractivity contribution in [2.24, 2.45) is 17.1 Å². The predicted octanol–water partition coefficient (Wildman–Crippen LogP) is 2.65. The fourth-order valence-corrected chi connectivity index (χ4v) is 2.89. The third kappa shape index (κ3) is 3.04. The molecule has 0 heterocycles. The molecule has 86 valence electrons. The van der Waals surface area contributed by atoms with E-state index in [4.69, 9.17) is 5.73 Å². The molecule has 2 aliphatic rings. The van der Waals surface area contributed by atoms with Gasteiger partial charge < -0.3 is 5.73 Å². The van der Waals surface area contributed by atoms with Crippen LogP contribution in [0.15, 0.2) is 0 Å². The summed E-state index contributed by atoms with van der Waals surface area (Å²) in [4.78, 5) is 11.9. The molecule has 15 heavy (non-hydrogen) atoms. The molecule has 0 amide bonds. The topological polar surface area (TPSA) is 43.1 Å². The van der Waals surface area contributed by atoms with Crippen LogP contribution in [0.5, 0.6) is 0 Å². The summed E-state index contributed by atoms with van der Waals surface area (Å²) in [6.07, 6.45) is 10.4. The second kappa shape index (κ2) is 4.65. The van der Waals surface area contributed by atoms with Gasteiger partial charge in [0.15, 0.2) is 0 Å². The fourth-order valence-electron chi connectivity index (χ4n) is 2.89. The Morgan fingerprint density at radius 1 is 1.20 bits per heavy atom. The van der Waals surface area contributed by atoms with Gasteiger partial charge in [0.1, 0.15) is 5.78 Å². The van der Waals surface area contributed by atoms with Crippen molar-refractivity contribution < 1.29 is 4.79 Å². The molecule has 2 aliphatic carbocycles. The molecular weight excluding hydrogens is 186 g/mol. The predicted molar refractivity (Wildman–Crippen MR) is 61.5 cm³/mol. The molecule has 2 nitrogen and oxygen atoms in total. The first-order chi connectivity index (χ1) is 7.24. The smallest absolute Gasteiger partial charge is 0.133 e. The molecule has 0 atom stereocenters. The summed E-state index contributed by atoms with van der Waals surface area (Å²) in [5, 5.41) is 0. The standard InChI is InChI=1S/C13H23NO/c14-10-13(6-2-1-3-7-13)9-12(15)8-11-4-5-11/h11H,1-10,14H2. The van der Waals surface area contributed by atoms with Crippen LogP contribution in [0.25, 0.3) is 0 Å². The highest BCUT2D eigenvalue weighted by Gasteiger charge is 2.34. The molecule has 0 aliphatic heterocycles. The van der Waals surface area contributed by atoms with E-state index in [9.17, 15) is 4.79 Å². The molecule has 0 aromatic rings. The van der Waals surface area contributed by atoms with Crippen molar-refractivity contribution >= 4 is 5.78 Å². The van der Waals surface area contributed by atoms with Crippen LogP contribution in [-0.2, 0) is 4.79 Å². The van der Waals surface area contributed by atoms with Crippen LogP contribution in [0, 0.1) is 11.3 Å². The highest BCUT2D eigenvalue weighted by atomic mass is 16.1. The largest absolute Gasteiger partial charge is 0.330 e. The quantitative estimate of drug-likeness (QED) is 0.756. The van der Waals surface area contributed by atoms with E-state index in [1.54, 1.807) is 0 Å². The fraction of sp³-hybridized carbons (Fsp3) is 0.923. The van der Waals surface area contributed by atoms with Gasteiger partial charge >= 0.3 is 0 Å². The molecule has 2 N–H and O–H groups in total. The van der Waals surface area contributed by atoms with Gasteiger partial charge in [-0.05, 0) is 43.6 Å². The van der Waals surface area contributed by atoms with Crippen molar-refractivity contribution in [3.63, 3.8) is 0 Å². The van der Waals surface area contributed by atoms with Gasteiger partial charge in [-0.25, -0.2) is 0 Å². The van der Waals surface area contributed by atoms with Crippen LogP contribution in [0.1, 0.15) is 57.8 Å². The number of hydrogen-bond donors (Lipinski definition) is 1. The molecule has 0 bridgehead atoms. The van der Waals surface area contributed by atoms with Crippen molar-refractivity contribution in [1.29, 1.82) is 0 Å². The summed E-state index contributed by atoms with van der Waals surface area (Å²) in [5.74, 6) is 1.21. The maximum absolute atomic E-state index is 11.9. The first kappa shape index (κ1) is 11.1. The molecule has 0 radical (unpaired) electrons. The Morgan fingerprint density at radius 3 is 2.40 bits per heavy atom. The summed E-state index contributed by atoms with van der Waals surface area (Å²) in [6.45, 7) is 0.712. The van der Waals surface area contributed by atoms with Crippen LogP contribution in [0.3, 0.4) is 0 Å². The number of nitrogens with two attached hydrogens (primary N) is 1. The van der Waals surface area contributed by atoms with Crippen LogP contribution in [-0.4, -0.2) is 12.3 Å². The van der Waals surface area contributed by atoms with Crippen LogP contribution in [0.4, 0.5) is 0 Å². The number of hydrogen-bond acceptors (Lipinski definition) is 2. The van der Waals surface area contributed by atoms with Gasteiger partial charge in [0, 0.05) is 12.8 Å².